The van der Waals surface area contributed by atoms with Crippen LogP contribution < -0.4 is 5.32 Å². The number of hydrogen-bond donors (Lipinski definition) is 1. The molecule has 0 radical (unpaired) electrons. The van der Waals surface area contributed by atoms with E-state index in [0.717, 1.165) is 15.0 Å². The molecular weight excluding hydrogens is 296 g/mol. The summed E-state index contributed by atoms with van der Waals surface area (Å²) in [5.74, 6) is 0.621. The fraction of sp³-hybridized carbons (Fsp3) is 0.333. The standard InChI is InChI=1S/C12H16N4O2S2/c1-9-8-19-12(15-9)7-14-11-5-4-10(6-13-11)20(17,18)16(2)3/h4-6,8H,7H2,1-3H3,(H,13,14). The maximum absolute atomic E-state index is 11.9. The first-order chi connectivity index (χ1) is 9.39. The zero-order chi connectivity index (χ0) is 14.8. The zero-order valence-electron chi connectivity index (χ0n) is 11.5. The van der Waals surface area contributed by atoms with Crippen LogP contribution in [0, 0.1) is 6.92 Å². The lowest BCUT2D eigenvalue weighted by Crippen LogP contribution is -2.22. The van der Waals surface area contributed by atoms with Crippen molar-refractivity contribution in [3.05, 3.63) is 34.4 Å². The summed E-state index contributed by atoms with van der Waals surface area (Å²) in [7, 11) is -0.440. The van der Waals surface area contributed by atoms with Crippen LogP contribution in [-0.4, -0.2) is 36.8 Å². The number of nitrogens with zero attached hydrogens (tertiary/aromatic N) is 3. The SMILES string of the molecule is Cc1csc(CNc2ccc(S(=O)(=O)N(C)C)cn2)n1. The monoisotopic (exact) mass is 312 g/mol. The molecule has 0 spiro atoms. The highest BCUT2D eigenvalue weighted by molar-refractivity contribution is 7.89. The molecule has 0 aliphatic carbocycles. The van der Waals surface area contributed by atoms with Crippen molar-refractivity contribution in [3.8, 4) is 0 Å². The van der Waals surface area contributed by atoms with Gasteiger partial charge in [-0.05, 0) is 19.1 Å². The quantitative estimate of drug-likeness (QED) is 0.909. The molecule has 0 fully saturated rings. The van der Waals surface area contributed by atoms with Gasteiger partial charge in [-0.2, -0.15) is 0 Å². The number of nitrogens with one attached hydrogen (secondary N) is 1. The third-order valence-corrected chi connectivity index (χ3v) is 5.37. The summed E-state index contributed by atoms with van der Waals surface area (Å²) in [6, 6.07) is 3.19. The molecule has 108 valence electrons. The topological polar surface area (TPSA) is 75.2 Å². The fourth-order valence-corrected chi connectivity index (χ4v) is 3.06. The van der Waals surface area contributed by atoms with Gasteiger partial charge in [0.2, 0.25) is 10.0 Å². The van der Waals surface area contributed by atoms with Crippen LogP contribution in [0.4, 0.5) is 5.82 Å². The Labute approximate surface area is 122 Å². The van der Waals surface area contributed by atoms with Crippen LogP contribution >= 0.6 is 11.3 Å². The molecule has 0 unspecified atom stereocenters. The highest BCUT2D eigenvalue weighted by Gasteiger charge is 2.17. The Kier molecular flexibility index (Phi) is 4.36. The van der Waals surface area contributed by atoms with Gasteiger partial charge in [0.15, 0.2) is 0 Å². The number of rotatable bonds is 5. The molecule has 0 saturated carbocycles. The van der Waals surface area contributed by atoms with Gasteiger partial charge in [0.05, 0.1) is 6.54 Å². The number of pyridine rings is 1. The lowest BCUT2D eigenvalue weighted by molar-refractivity contribution is 0.520. The van der Waals surface area contributed by atoms with E-state index in [1.807, 2.05) is 12.3 Å². The van der Waals surface area contributed by atoms with Crippen molar-refractivity contribution in [2.45, 2.75) is 18.4 Å². The number of hydrogen-bond acceptors (Lipinski definition) is 6. The van der Waals surface area contributed by atoms with Gasteiger partial charge < -0.3 is 5.32 Å². The second kappa shape index (κ2) is 5.86. The fourth-order valence-electron chi connectivity index (χ4n) is 1.50. The van der Waals surface area contributed by atoms with Crippen LogP contribution in [0.1, 0.15) is 10.7 Å². The lowest BCUT2D eigenvalue weighted by Gasteiger charge is -2.11. The van der Waals surface area contributed by atoms with Crippen molar-refractivity contribution in [1.29, 1.82) is 0 Å². The first-order valence-electron chi connectivity index (χ1n) is 5.93. The van der Waals surface area contributed by atoms with Crippen molar-refractivity contribution in [2.75, 3.05) is 19.4 Å². The Bertz CT molecular complexity index is 678. The second-order valence-electron chi connectivity index (χ2n) is 4.40. The number of aromatic nitrogens is 2. The van der Waals surface area contributed by atoms with Gasteiger partial charge in [-0.1, -0.05) is 0 Å². The summed E-state index contributed by atoms with van der Waals surface area (Å²) >= 11 is 1.58. The van der Waals surface area contributed by atoms with E-state index in [0.29, 0.717) is 12.4 Å². The number of thiazole rings is 1. The summed E-state index contributed by atoms with van der Waals surface area (Å²) in [5.41, 5.74) is 0.993. The van der Waals surface area contributed by atoms with Gasteiger partial charge in [0.25, 0.3) is 0 Å². The molecule has 0 aliphatic rings. The predicted molar refractivity (Wildman–Crippen MR) is 79.3 cm³/mol. The largest absolute Gasteiger partial charge is 0.364 e. The smallest absolute Gasteiger partial charge is 0.244 e. The third-order valence-electron chi connectivity index (χ3n) is 2.60. The van der Waals surface area contributed by atoms with Crippen LogP contribution in [-0.2, 0) is 16.6 Å². The molecule has 0 bridgehead atoms. The van der Waals surface area contributed by atoms with Crippen molar-refractivity contribution in [1.82, 2.24) is 14.3 Å². The van der Waals surface area contributed by atoms with Crippen LogP contribution in [0.3, 0.4) is 0 Å². The van der Waals surface area contributed by atoms with Crippen molar-refractivity contribution < 1.29 is 8.42 Å². The van der Waals surface area contributed by atoms with Gasteiger partial charge in [-0.3, -0.25) is 0 Å². The minimum atomic E-state index is -3.42. The van der Waals surface area contributed by atoms with E-state index in [1.165, 1.54) is 26.4 Å². The number of aryl methyl sites for hydroxylation is 1. The summed E-state index contributed by atoms with van der Waals surface area (Å²) < 4.78 is 24.9. The van der Waals surface area contributed by atoms with E-state index in [-0.39, 0.29) is 4.90 Å². The molecule has 2 rings (SSSR count). The van der Waals surface area contributed by atoms with E-state index in [2.05, 4.69) is 15.3 Å². The Morgan fingerprint density at radius 1 is 1.35 bits per heavy atom. The highest BCUT2D eigenvalue weighted by atomic mass is 32.2. The maximum Gasteiger partial charge on any atom is 0.244 e. The van der Waals surface area contributed by atoms with E-state index in [4.69, 9.17) is 0 Å². The molecule has 0 atom stereocenters. The summed E-state index contributed by atoms with van der Waals surface area (Å²) in [6.07, 6.45) is 1.35. The molecule has 20 heavy (non-hydrogen) atoms. The summed E-state index contributed by atoms with van der Waals surface area (Å²) in [4.78, 5) is 8.62. The lowest BCUT2D eigenvalue weighted by atomic mass is 10.4. The Hall–Kier alpha value is -1.51. The molecule has 0 aliphatic heterocycles. The third kappa shape index (κ3) is 3.33. The number of sulfonamides is 1. The first kappa shape index (κ1) is 14.9. The average molecular weight is 312 g/mol. The maximum atomic E-state index is 11.9. The Morgan fingerprint density at radius 2 is 2.10 bits per heavy atom. The molecule has 6 nitrogen and oxygen atoms in total. The van der Waals surface area contributed by atoms with Crippen LogP contribution in [0.2, 0.25) is 0 Å². The minimum Gasteiger partial charge on any atom is -0.364 e. The van der Waals surface area contributed by atoms with Crippen LogP contribution in [0.5, 0.6) is 0 Å². The van der Waals surface area contributed by atoms with E-state index in [9.17, 15) is 8.42 Å². The van der Waals surface area contributed by atoms with Crippen molar-refractivity contribution in [2.24, 2.45) is 0 Å². The van der Waals surface area contributed by atoms with Crippen molar-refractivity contribution in [3.63, 3.8) is 0 Å². The molecule has 2 aromatic rings. The molecule has 1 N–H and O–H groups in total. The molecule has 8 heteroatoms. The zero-order valence-corrected chi connectivity index (χ0v) is 13.1. The second-order valence-corrected chi connectivity index (χ2v) is 7.50. The van der Waals surface area contributed by atoms with Crippen LogP contribution in [0.15, 0.2) is 28.6 Å². The Morgan fingerprint density at radius 3 is 2.60 bits per heavy atom. The summed E-state index contributed by atoms with van der Waals surface area (Å²) in [5, 5.41) is 6.06. The van der Waals surface area contributed by atoms with E-state index < -0.39 is 10.0 Å². The van der Waals surface area contributed by atoms with E-state index >= 15 is 0 Å². The minimum absolute atomic E-state index is 0.179. The molecule has 2 heterocycles. The van der Waals surface area contributed by atoms with Gasteiger partial charge in [-0.25, -0.2) is 22.7 Å². The Balaban J connectivity index is 2.05. The molecule has 0 aromatic carbocycles. The number of anilines is 1. The summed E-state index contributed by atoms with van der Waals surface area (Å²) in [6.45, 7) is 2.52. The van der Waals surface area contributed by atoms with Gasteiger partial charge in [-0.15, -0.1) is 11.3 Å². The van der Waals surface area contributed by atoms with Crippen molar-refractivity contribution >= 4 is 27.2 Å². The normalized spacial score (nSPS) is 11.8. The molecule has 2 aromatic heterocycles. The van der Waals surface area contributed by atoms with Crippen LogP contribution in [0.25, 0.3) is 0 Å². The van der Waals surface area contributed by atoms with E-state index in [1.54, 1.807) is 17.4 Å². The molecular formula is C12H16N4O2S2. The van der Waals surface area contributed by atoms with Gasteiger partial charge >= 0.3 is 0 Å². The predicted octanol–water partition coefficient (Wildman–Crippen LogP) is 1.71. The average Bonchev–Trinajstić information content (AvgIpc) is 2.82. The van der Waals surface area contributed by atoms with Gasteiger partial charge in [0, 0.05) is 31.4 Å². The molecule has 0 saturated heterocycles. The molecule has 0 amide bonds. The van der Waals surface area contributed by atoms with Gasteiger partial charge in [0.1, 0.15) is 15.7 Å². The first-order valence-corrected chi connectivity index (χ1v) is 8.25. The highest BCUT2D eigenvalue weighted by Crippen LogP contribution is 2.15.